The predicted octanol–water partition coefficient (Wildman–Crippen LogP) is 3.17. The average molecular weight is 410 g/mol. The number of amides is 3. The highest BCUT2D eigenvalue weighted by Crippen LogP contribution is 2.28. The highest BCUT2D eigenvalue weighted by atomic mass is 19.1. The van der Waals surface area contributed by atoms with Gasteiger partial charge in [-0.05, 0) is 42.7 Å². The molecule has 1 saturated heterocycles. The molecule has 4 rings (SSSR count). The summed E-state index contributed by atoms with van der Waals surface area (Å²) in [6, 6.07) is 16.1. The van der Waals surface area contributed by atoms with Crippen LogP contribution in [0, 0.1) is 5.82 Å². The largest absolute Gasteiger partial charge is 0.338 e. The number of nitrogens with one attached hydrogen (secondary N) is 1. The van der Waals surface area contributed by atoms with Gasteiger partial charge in [-0.15, -0.1) is 0 Å². The lowest BCUT2D eigenvalue weighted by Crippen LogP contribution is -2.53. The smallest absolute Gasteiger partial charge is 0.321 e. The molecule has 1 heterocycles. The van der Waals surface area contributed by atoms with Gasteiger partial charge in [0.05, 0.1) is 6.54 Å². The number of carbonyl (C=O) groups is 2. The molecule has 3 amide bonds. The molecule has 158 valence electrons. The van der Waals surface area contributed by atoms with E-state index in [-0.39, 0.29) is 17.8 Å². The van der Waals surface area contributed by atoms with Crippen molar-refractivity contribution in [2.75, 3.05) is 38.0 Å². The molecule has 0 aromatic heterocycles. The SMILES string of the molecule is O=C(CN(Cc1ccc(F)cc1)C1CC1)N1CCN(C(=O)Nc2ccccc2)CC1. The minimum atomic E-state index is -0.248. The highest BCUT2D eigenvalue weighted by molar-refractivity contribution is 5.89. The lowest BCUT2D eigenvalue weighted by molar-refractivity contribution is -0.134. The molecule has 2 aromatic rings. The first-order chi connectivity index (χ1) is 14.6. The summed E-state index contributed by atoms with van der Waals surface area (Å²) in [4.78, 5) is 31.0. The van der Waals surface area contributed by atoms with Crippen molar-refractivity contribution < 1.29 is 14.0 Å². The number of nitrogens with zero attached hydrogens (tertiary/aromatic N) is 3. The highest BCUT2D eigenvalue weighted by Gasteiger charge is 2.32. The normalized spacial score (nSPS) is 16.6. The zero-order valence-electron chi connectivity index (χ0n) is 17.0. The number of halogens is 1. The molecule has 30 heavy (non-hydrogen) atoms. The summed E-state index contributed by atoms with van der Waals surface area (Å²) in [5, 5.41) is 2.89. The Balaban J connectivity index is 1.27. The molecular formula is C23H27FN4O2. The quantitative estimate of drug-likeness (QED) is 0.796. The van der Waals surface area contributed by atoms with Crippen LogP contribution in [0.5, 0.6) is 0 Å². The minimum absolute atomic E-state index is 0.0899. The summed E-state index contributed by atoms with van der Waals surface area (Å²) in [5.74, 6) is -0.158. The van der Waals surface area contributed by atoms with Crippen molar-refractivity contribution in [3.05, 3.63) is 66.0 Å². The standard InChI is InChI=1S/C23H27FN4O2/c24-19-8-6-18(7-9-19)16-28(21-10-11-21)17-22(29)26-12-14-27(15-13-26)23(30)25-20-4-2-1-3-5-20/h1-9,21H,10-17H2,(H,25,30). The van der Waals surface area contributed by atoms with E-state index in [1.807, 2.05) is 35.2 Å². The third kappa shape index (κ3) is 5.36. The molecule has 0 atom stereocenters. The number of urea groups is 1. The molecule has 2 aromatic carbocycles. The molecule has 0 bridgehead atoms. The number of para-hydroxylation sites is 1. The van der Waals surface area contributed by atoms with Crippen molar-refractivity contribution >= 4 is 17.6 Å². The first-order valence-electron chi connectivity index (χ1n) is 10.5. The number of rotatable bonds is 6. The molecule has 6 nitrogen and oxygen atoms in total. The monoisotopic (exact) mass is 410 g/mol. The molecule has 0 radical (unpaired) electrons. The van der Waals surface area contributed by atoms with Gasteiger partial charge in [0.2, 0.25) is 5.91 Å². The van der Waals surface area contributed by atoms with E-state index in [1.54, 1.807) is 17.0 Å². The lowest BCUT2D eigenvalue weighted by atomic mass is 10.2. The second-order valence-electron chi connectivity index (χ2n) is 7.93. The van der Waals surface area contributed by atoms with Gasteiger partial charge in [0.15, 0.2) is 0 Å². The van der Waals surface area contributed by atoms with Crippen molar-refractivity contribution in [3.8, 4) is 0 Å². The van der Waals surface area contributed by atoms with Gasteiger partial charge in [0.25, 0.3) is 0 Å². The maximum absolute atomic E-state index is 13.2. The van der Waals surface area contributed by atoms with Crippen LogP contribution in [0.1, 0.15) is 18.4 Å². The van der Waals surface area contributed by atoms with Crippen LogP contribution >= 0.6 is 0 Å². The van der Waals surface area contributed by atoms with E-state index in [4.69, 9.17) is 0 Å². The Bertz CT molecular complexity index is 863. The summed E-state index contributed by atoms with van der Waals surface area (Å²) in [6.07, 6.45) is 2.20. The fourth-order valence-corrected chi connectivity index (χ4v) is 3.73. The minimum Gasteiger partial charge on any atom is -0.338 e. The van der Waals surface area contributed by atoms with Gasteiger partial charge in [0.1, 0.15) is 5.82 Å². The predicted molar refractivity (Wildman–Crippen MR) is 113 cm³/mol. The summed E-state index contributed by atoms with van der Waals surface area (Å²) < 4.78 is 13.2. The number of anilines is 1. The van der Waals surface area contributed by atoms with Gasteiger partial charge in [-0.1, -0.05) is 30.3 Å². The van der Waals surface area contributed by atoms with Crippen LogP contribution in [0.3, 0.4) is 0 Å². The summed E-state index contributed by atoms with van der Waals surface area (Å²) in [7, 11) is 0. The summed E-state index contributed by atoms with van der Waals surface area (Å²) in [5.41, 5.74) is 1.78. The van der Waals surface area contributed by atoms with Crippen molar-refractivity contribution in [3.63, 3.8) is 0 Å². The van der Waals surface area contributed by atoms with Crippen molar-refractivity contribution in [2.45, 2.75) is 25.4 Å². The number of hydrogen-bond acceptors (Lipinski definition) is 3. The van der Waals surface area contributed by atoms with Crippen LogP contribution in [-0.2, 0) is 11.3 Å². The van der Waals surface area contributed by atoms with Gasteiger partial charge < -0.3 is 15.1 Å². The Hall–Kier alpha value is -2.93. The third-order valence-electron chi connectivity index (χ3n) is 5.65. The van der Waals surface area contributed by atoms with Gasteiger partial charge in [0, 0.05) is 44.5 Å². The van der Waals surface area contributed by atoms with Gasteiger partial charge in [-0.2, -0.15) is 0 Å². The molecule has 1 N–H and O–H groups in total. The van der Waals surface area contributed by atoms with E-state index in [0.29, 0.717) is 45.3 Å². The second kappa shape index (κ2) is 9.26. The van der Waals surface area contributed by atoms with Crippen molar-refractivity contribution in [2.24, 2.45) is 0 Å². The van der Waals surface area contributed by atoms with E-state index < -0.39 is 0 Å². The Morgan fingerprint density at radius 1 is 0.933 bits per heavy atom. The van der Waals surface area contributed by atoms with Gasteiger partial charge in [-0.3, -0.25) is 9.69 Å². The lowest BCUT2D eigenvalue weighted by Gasteiger charge is -2.36. The van der Waals surface area contributed by atoms with Gasteiger partial charge >= 0.3 is 6.03 Å². The zero-order valence-corrected chi connectivity index (χ0v) is 17.0. The molecule has 0 spiro atoms. The van der Waals surface area contributed by atoms with Crippen LogP contribution < -0.4 is 5.32 Å². The maximum atomic E-state index is 13.2. The van der Waals surface area contributed by atoms with Crippen LogP contribution in [0.4, 0.5) is 14.9 Å². The maximum Gasteiger partial charge on any atom is 0.321 e. The number of piperazine rings is 1. The topological polar surface area (TPSA) is 55.9 Å². The van der Waals surface area contributed by atoms with E-state index in [9.17, 15) is 14.0 Å². The molecular weight excluding hydrogens is 383 g/mol. The first-order valence-corrected chi connectivity index (χ1v) is 10.5. The molecule has 2 aliphatic rings. The number of benzene rings is 2. The molecule has 1 aliphatic carbocycles. The van der Waals surface area contributed by atoms with Crippen LogP contribution in [-0.4, -0.2) is 65.4 Å². The van der Waals surface area contributed by atoms with Crippen molar-refractivity contribution in [1.29, 1.82) is 0 Å². The summed E-state index contributed by atoms with van der Waals surface area (Å²) >= 11 is 0. The Kier molecular flexibility index (Phi) is 6.28. The number of hydrogen-bond donors (Lipinski definition) is 1. The van der Waals surface area contributed by atoms with Crippen molar-refractivity contribution in [1.82, 2.24) is 14.7 Å². The molecule has 2 fully saturated rings. The van der Waals surface area contributed by atoms with E-state index in [1.165, 1.54) is 12.1 Å². The Morgan fingerprint density at radius 3 is 2.20 bits per heavy atom. The first kappa shape index (κ1) is 20.3. The number of carbonyl (C=O) groups excluding carboxylic acids is 2. The Labute approximate surface area is 176 Å². The van der Waals surface area contributed by atoms with Crippen LogP contribution in [0.15, 0.2) is 54.6 Å². The third-order valence-corrected chi connectivity index (χ3v) is 5.65. The fourth-order valence-electron chi connectivity index (χ4n) is 3.73. The van der Waals surface area contributed by atoms with Crippen LogP contribution in [0.2, 0.25) is 0 Å². The Morgan fingerprint density at radius 2 is 1.57 bits per heavy atom. The molecule has 7 heteroatoms. The molecule has 1 aliphatic heterocycles. The van der Waals surface area contributed by atoms with E-state index >= 15 is 0 Å². The molecule has 1 saturated carbocycles. The fraction of sp³-hybridized carbons (Fsp3) is 0.391. The van der Waals surface area contributed by atoms with Gasteiger partial charge in [-0.25, -0.2) is 9.18 Å². The average Bonchev–Trinajstić information content (AvgIpc) is 3.61. The summed E-state index contributed by atoms with van der Waals surface area (Å²) in [6.45, 7) is 3.12. The van der Waals surface area contributed by atoms with Crippen LogP contribution in [0.25, 0.3) is 0 Å². The molecule has 0 unspecified atom stereocenters. The van der Waals surface area contributed by atoms with E-state index in [0.717, 1.165) is 24.1 Å². The second-order valence-corrected chi connectivity index (χ2v) is 7.93. The zero-order chi connectivity index (χ0) is 20.9. The van der Waals surface area contributed by atoms with E-state index in [2.05, 4.69) is 10.2 Å².